The molecule has 1 atom stereocenters. The summed E-state index contributed by atoms with van der Waals surface area (Å²) in [6.07, 6.45) is 3.61. The summed E-state index contributed by atoms with van der Waals surface area (Å²) < 4.78 is 1.92. The van der Waals surface area contributed by atoms with Gasteiger partial charge >= 0.3 is 0 Å². The minimum absolute atomic E-state index is 0.456. The minimum Gasteiger partial charge on any atom is -0.313 e. The van der Waals surface area contributed by atoms with Gasteiger partial charge in [-0.05, 0) is 31.7 Å². The monoisotopic (exact) mass is 255 g/mol. The van der Waals surface area contributed by atoms with E-state index >= 15 is 0 Å². The number of halogens is 1. The lowest BCUT2D eigenvalue weighted by molar-refractivity contribution is 0.354. The second kappa shape index (κ2) is 4.62. The number of hydrogen-bond donors (Lipinski definition) is 1. The fourth-order valence-corrected chi connectivity index (χ4v) is 2.69. The molecule has 1 saturated carbocycles. The first-order valence-electron chi connectivity index (χ1n) is 6.39. The predicted molar refractivity (Wildman–Crippen MR) is 71.5 cm³/mol. The molecule has 3 nitrogen and oxygen atoms in total. The Hall–Kier alpha value is -0.540. The number of nitrogens with zero attached hydrogens (tertiary/aromatic N) is 2. The lowest BCUT2D eigenvalue weighted by Crippen LogP contribution is -2.38. The number of hydrogen-bond acceptors (Lipinski definition) is 2. The Morgan fingerprint density at radius 1 is 1.53 bits per heavy atom. The van der Waals surface area contributed by atoms with Gasteiger partial charge in [-0.2, -0.15) is 5.10 Å². The van der Waals surface area contributed by atoms with Crippen LogP contribution in [0, 0.1) is 12.3 Å². The summed E-state index contributed by atoms with van der Waals surface area (Å²) in [7, 11) is 1.98. The van der Waals surface area contributed by atoms with Gasteiger partial charge in [0.25, 0.3) is 0 Å². The van der Waals surface area contributed by atoms with Gasteiger partial charge in [-0.15, -0.1) is 0 Å². The Morgan fingerprint density at radius 2 is 2.18 bits per heavy atom. The zero-order valence-electron chi connectivity index (χ0n) is 11.2. The van der Waals surface area contributed by atoms with Gasteiger partial charge in [0.15, 0.2) is 0 Å². The molecule has 1 aromatic heterocycles. The van der Waals surface area contributed by atoms with Crippen LogP contribution in [0.25, 0.3) is 0 Å². The lowest BCUT2D eigenvalue weighted by Gasteiger charge is -2.24. The molecule has 0 spiro atoms. The third-order valence-corrected chi connectivity index (χ3v) is 4.48. The maximum Gasteiger partial charge on any atom is 0.0847 e. The van der Waals surface area contributed by atoms with Gasteiger partial charge in [0.2, 0.25) is 0 Å². The molecular formula is C13H22ClN3. The van der Waals surface area contributed by atoms with Crippen molar-refractivity contribution in [1.82, 2.24) is 15.1 Å². The molecule has 1 aliphatic rings. The van der Waals surface area contributed by atoms with E-state index in [2.05, 4.69) is 24.3 Å². The average Bonchev–Trinajstić information content (AvgIpc) is 2.97. The van der Waals surface area contributed by atoms with Gasteiger partial charge in [-0.3, -0.25) is 4.68 Å². The van der Waals surface area contributed by atoms with Crippen molar-refractivity contribution < 1.29 is 0 Å². The van der Waals surface area contributed by atoms with Crippen molar-refractivity contribution in [2.45, 2.75) is 46.1 Å². The van der Waals surface area contributed by atoms with Crippen molar-refractivity contribution in [3.05, 3.63) is 16.4 Å². The zero-order valence-corrected chi connectivity index (χ0v) is 11.9. The lowest BCUT2D eigenvalue weighted by atomic mass is 9.94. The van der Waals surface area contributed by atoms with Gasteiger partial charge in [0.05, 0.1) is 16.4 Å². The normalized spacial score (nSPS) is 19.4. The van der Waals surface area contributed by atoms with Crippen molar-refractivity contribution in [3.63, 3.8) is 0 Å². The molecule has 0 saturated heterocycles. The van der Waals surface area contributed by atoms with Crippen LogP contribution in [0.1, 0.15) is 38.1 Å². The van der Waals surface area contributed by atoms with Crippen molar-refractivity contribution in [2.75, 3.05) is 6.54 Å². The van der Waals surface area contributed by atoms with Crippen molar-refractivity contribution in [2.24, 2.45) is 12.5 Å². The van der Waals surface area contributed by atoms with E-state index in [4.69, 9.17) is 11.6 Å². The molecule has 0 amide bonds. The topological polar surface area (TPSA) is 29.9 Å². The standard InChI is InChI=1S/C13H22ClN3/c1-5-15-11(13(3)6-7-13)8-10-12(14)9(2)16-17(10)4/h11,15H,5-8H2,1-4H3. The molecule has 1 fully saturated rings. The molecule has 0 aliphatic heterocycles. The Bertz CT molecular complexity index is 407. The first-order valence-corrected chi connectivity index (χ1v) is 6.77. The van der Waals surface area contributed by atoms with Crippen molar-refractivity contribution >= 4 is 11.6 Å². The quantitative estimate of drug-likeness (QED) is 0.877. The first-order chi connectivity index (χ1) is 7.98. The number of aromatic nitrogens is 2. The van der Waals surface area contributed by atoms with Crippen LogP contribution in [0.5, 0.6) is 0 Å². The molecule has 17 heavy (non-hydrogen) atoms. The molecule has 1 aliphatic carbocycles. The fourth-order valence-electron chi connectivity index (χ4n) is 2.45. The van der Waals surface area contributed by atoms with Crippen LogP contribution < -0.4 is 5.32 Å². The van der Waals surface area contributed by atoms with Crippen LogP contribution in [-0.4, -0.2) is 22.4 Å². The fraction of sp³-hybridized carbons (Fsp3) is 0.769. The van der Waals surface area contributed by atoms with Crippen LogP contribution in [0.3, 0.4) is 0 Å². The second-order valence-electron chi connectivity index (χ2n) is 5.44. The van der Waals surface area contributed by atoms with E-state index < -0.39 is 0 Å². The van der Waals surface area contributed by atoms with Gasteiger partial charge in [0.1, 0.15) is 0 Å². The molecule has 4 heteroatoms. The first kappa shape index (κ1) is 12.9. The van der Waals surface area contributed by atoms with Crippen LogP contribution in [0.4, 0.5) is 0 Å². The maximum absolute atomic E-state index is 6.32. The molecule has 1 heterocycles. The van der Waals surface area contributed by atoms with Gasteiger partial charge in [-0.1, -0.05) is 25.4 Å². The van der Waals surface area contributed by atoms with Crippen LogP contribution in [0.15, 0.2) is 0 Å². The van der Waals surface area contributed by atoms with E-state index in [-0.39, 0.29) is 0 Å². The van der Waals surface area contributed by atoms with E-state index in [9.17, 15) is 0 Å². The van der Waals surface area contributed by atoms with Crippen LogP contribution >= 0.6 is 11.6 Å². The van der Waals surface area contributed by atoms with Crippen molar-refractivity contribution in [3.8, 4) is 0 Å². The highest BCUT2D eigenvalue weighted by Crippen LogP contribution is 2.49. The van der Waals surface area contributed by atoms with Gasteiger partial charge in [0, 0.05) is 19.5 Å². The second-order valence-corrected chi connectivity index (χ2v) is 5.82. The summed E-state index contributed by atoms with van der Waals surface area (Å²) >= 11 is 6.32. The Kier molecular flexibility index (Phi) is 3.50. The summed E-state index contributed by atoms with van der Waals surface area (Å²) in [4.78, 5) is 0. The Balaban J connectivity index is 2.17. The molecule has 2 rings (SSSR count). The predicted octanol–water partition coefficient (Wildman–Crippen LogP) is 2.70. The zero-order chi connectivity index (χ0) is 12.6. The number of nitrogens with one attached hydrogen (secondary N) is 1. The largest absolute Gasteiger partial charge is 0.313 e. The maximum atomic E-state index is 6.32. The summed E-state index contributed by atoms with van der Waals surface area (Å²) in [5.41, 5.74) is 2.54. The molecule has 0 bridgehead atoms. The highest BCUT2D eigenvalue weighted by molar-refractivity contribution is 6.31. The summed E-state index contributed by atoms with van der Waals surface area (Å²) in [6, 6.07) is 0.514. The SMILES string of the molecule is CCNC(Cc1c(Cl)c(C)nn1C)C1(C)CC1. The summed E-state index contributed by atoms with van der Waals surface area (Å²) in [6.45, 7) is 7.49. The molecule has 0 aromatic carbocycles. The highest BCUT2D eigenvalue weighted by Gasteiger charge is 2.44. The Labute approximate surface area is 109 Å². The summed E-state index contributed by atoms with van der Waals surface area (Å²) in [5, 5.41) is 8.81. The highest BCUT2D eigenvalue weighted by atomic mass is 35.5. The summed E-state index contributed by atoms with van der Waals surface area (Å²) in [5.74, 6) is 0. The average molecular weight is 256 g/mol. The Morgan fingerprint density at radius 3 is 2.59 bits per heavy atom. The molecule has 96 valence electrons. The van der Waals surface area contributed by atoms with Gasteiger partial charge in [-0.25, -0.2) is 0 Å². The molecule has 1 N–H and O–H groups in total. The molecule has 1 unspecified atom stereocenters. The van der Waals surface area contributed by atoms with E-state index in [1.54, 1.807) is 0 Å². The third kappa shape index (κ3) is 2.50. The number of rotatable bonds is 5. The van der Waals surface area contributed by atoms with E-state index in [1.165, 1.54) is 12.8 Å². The minimum atomic E-state index is 0.456. The molecular weight excluding hydrogens is 234 g/mol. The molecule has 1 aromatic rings. The molecule has 0 radical (unpaired) electrons. The third-order valence-electron chi connectivity index (χ3n) is 3.99. The van der Waals surface area contributed by atoms with Crippen LogP contribution in [0.2, 0.25) is 5.02 Å². The van der Waals surface area contributed by atoms with E-state index in [0.29, 0.717) is 11.5 Å². The van der Waals surface area contributed by atoms with Crippen LogP contribution in [-0.2, 0) is 13.5 Å². The van der Waals surface area contributed by atoms with E-state index in [1.807, 2.05) is 18.7 Å². The van der Waals surface area contributed by atoms with E-state index in [0.717, 1.165) is 29.4 Å². The van der Waals surface area contributed by atoms with Gasteiger partial charge < -0.3 is 5.32 Å². The number of likely N-dealkylation sites (N-methyl/N-ethyl adjacent to an activating group) is 1. The smallest absolute Gasteiger partial charge is 0.0847 e. The number of aryl methyl sites for hydroxylation is 2. The van der Waals surface area contributed by atoms with Crippen molar-refractivity contribution in [1.29, 1.82) is 0 Å².